The van der Waals surface area contributed by atoms with E-state index in [2.05, 4.69) is 5.10 Å². The zero-order chi connectivity index (χ0) is 11.0. The first-order valence-electron chi connectivity index (χ1n) is 4.54. The van der Waals surface area contributed by atoms with E-state index in [0.717, 1.165) is 17.0 Å². The summed E-state index contributed by atoms with van der Waals surface area (Å²) in [6, 6.07) is 7.49. The predicted molar refractivity (Wildman–Crippen MR) is 63.4 cm³/mol. The van der Waals surface area contributed by atoms with Crippen LogP contribution in [0.2, 0.25) is 10.0 Å². The number of aromatic nitrogens is 2. The Balaban J connectivity index is 2.54. The van der Waals surface area contributed by atoms with Crippen LogP contribution in [0.4, 0.5) is 0 Å². The van der Waals surface area contributed by atoms with Gasteiger partial charge in [-0.05, 0) is 19.1 Å². The number of benzene rings is 1. The Morgan fingerprint density at radius 1 is 1.13 bits per heavy atom. The van der Waals surface area contributed by atoms with E-state index in [9.17, 15) is 0 Å². The van der Waals surface area contributed by atoms with E-state index in [0.29, 0.717) is 10.0 Å². The van der Waals surface area contributed by atoms with Crippen LogP contribution in [0, 0.1) is 6.92 Å². The molecule has 0 radical (unpaired) electrons. The molecular weight excluding hydrogens is 231 g/mol. The summed E-state index contributed by atoms with van der Waals surface area (Å²) in [6.07, 6.45) is 0. The highest BCUT2D eigenvalue weighted by atomic mass is 35.5. The molecule has 1 aromatic heterocycles. The van der Waals surface area contributed by atoms with Gasteiger partial charge in [0.25, 0.3) is 0 Å². The minimum atomic E-state index is 0.694. The fourth-order valence-electron chi connectivity index (χ4n) is 1.37. The van der Waals surface area contributed by atoms with Gasteiger partial charge in [0.2, 0.25) is 0 Å². The first-order chi connectivity index (χ1) is 7.09. The molecule has 1 aromatic carbocycles. The Morgan fingerprint density at radius 3 is 2.20 bits per heavy atom. The van der Waals surface area contributed by atoms with E-state index in [-0.39, 0.29) is 0 Å². The lowest BCUT2D eigenvalue weighted by atomic mass is 10.1. The lowest BCUT2D eigenvalue weighted by Crippen LogP contribution is -1.92. The molecule has 2 nitrogen and oxygen atoms in total. The average molecular weight is 241 g/mol. The standard InChI is InChI=1S/C11H10Cl2N2/c1-7-10(13)11(14-15(7)2)8-3-5-9(12)6-4-8/h3-6H,1-2H3. The average Bonchev–Trinajstić information content (AvgIpc) is 2.47. The van der Waals surface area contributed by atoms with E-state index >= 15 is 0 Å². The second-order valence-corrected chi connectivity index (χ2v) is 4.19. The quantitative estimate of drug-likeness (QED) is 0.744. The number of hydrogen-bond acceptors (Lipinski definition) is 1. The van der Waals surface area contributed by atoms with E-state index in [1.54, 1.807) is 4.68 Å². The van der Waals surface area contributed by atoms with Crippen LogP contribution < -0.4 is 0 Å². The van der Waals surface area contributed by atoms with Crippen LogP contribution in [0.1, 0.15) is 5.69 Å². The summed E-state index contributed by atoms with van der Waals surface area (Å²) in [4.78, 5) is 0. The third-order valence-corrected chi connectivity index (χ3v) is 3.08. The molecule has 0 atom stereocenters. The maximum absolute atomic E-state index is 6.17. The molecular formula is C11H10Cl2N2. The summed E-state index contributed by atoms with van der Waals surface area (Å²) in [5.74, 6) is 0. The van der Waals surface area contributed by atoms with Crippen LogP contribution in [-0.2, 0) is 7.05 Å². The number of aryl methyl sites for hydroxylation is 1. The minimum Gasteiger partial charge on any atom is -0.271 e. The molecule has 0 spiro atoms. The molecule has 0 fully saturated rings. The van der Waals surface area contributed by atoms with Gasteiger partial charge in [0.05, 0.1) is 10.7 Å². The summed E-state index contributed by atoms with van der Waals surface area (Å²) in [7, 11) is 1.88. The second kappa shape index (κ2) is 3.87. The van der Waals surface area contributed by atoms with Gasteiger partial charge in [0.15, 0.2) is 0 Å². The van der Waals surface area contributed by atoms with E-state index in [1.165, 1.54) is 0 Å². The van der Waals surface area contributed by atoms with Gasteiger partial charge in [-0.25, -0.2) is 0 Å². The van der Waals surface area contributed by atoms with Crippen molar-refractivity contribution in [3.8, 4) is 11.3 Å². The molecule has 2 rings (SSSR count). The van der Waals surface area contributed by atoms with Gasteiger partial charge in [-0.15, -0.1) is 0 Å². The molecule has 0 amide bonds. The molecule has 0 unspecified atom stereocenters. The van der Waals surface area contributed by atoms with Crippen LogP contribution in [0.3, 0.4) is 0 Å². The number of hydrogen-bond donors (Lipinski definition) is 0. The highest BCUT2D eigenvalue weighted by Gasteiger charge is 2.11. The normalized spacial score (nSPS) is 10.7. The summed E-state index contributed by atoms with van der Waals surface area (Å²) in [5.41, 5.74) is 2.74. The second-order valence-electron chi connectivity index (χ2n) is 3.38. The number of rotatable bonds is 1. The van der Waals surface area contributed by atoms with Crippen LogP contribution in [0.25, 0.3) is 11.3 Å². The number of nitrogens with zero attached hydrogens (tertiary/aromatic N) is 2. The van der Waals surface area contributed by atoms with Gasteiger partial charge < -0.3 is 0 Å². The molecule has 0 aliphatic rings. The van der Waals surface area contributed by atoms with E-state index in [4.69, 9.17) is 23.2 Å². The largest absolute Gasteiger partial charge is 0.271 e. The Kier molecular flexibility index (Phi) is 2.72. The first-order valence-corrected chi connectivity index (χ1v) is 5.30. The lowest BCUT2D eigenvalue weighted by molar-refractivity contribution is 0.743. The smallest absolute Gasteiger partial charge is 0.111 e. The Labute approximate surface area is 98.4 Å². The molecule has 0 N–H and O–H groups in total. The Hall–Kier alpha value is -0.990. The molecule has 0 aliphatic carbocycles. The van der Waals surface area contributed by atoms with E-state index in [1.807, 2.05) is 38.2 Å². The minimum absolute atomic E-state index is 0.694. The molecule has 0 bridgehead atoms. The van der Waals surface area contributed by atoms with E-state index < -0.39 is 0 Å². The van der Waals surface area contributed by atoms with Crippen molar-refractivity contribution in [2.24, 2.45) is 7.05 Å². The third-order valence-electron chi connectivity index (χ3n) is 2.38. The first kappa shape index (κ1) is 10.5. The summed E-state index contributed by atoms with van der Waals surface area (Å²) in [6.45, 7) is 1.94. The third kappa shape index (κ3) is 1.87. The lowest BCUT2D eigenvalue weighted by Gasteiger charge is -1.97. The molecule has 78 valence electrons. The molecule has 15 heavy (non-hydrogen) atoms. The zero-order valence-corrected chi connectivity index (χ0v) is 9.97. The van der Waals surface area contributed by atoms with Crippen molar-refractivity contribution in [2.75, 3.05) is 0 Å². The van der Waals surface area contributed by atoms with Crippen molar-refractivity contribution in [1.29, 1.82) is 0 Å². The summed E-state index contributed by atoms with van der Waals surface area (Å²) < 4.78 is 1.77. The molecule has 0 aliphatic heterocycles. The molecule has 4 heteroatoms. The molecule has 2 aromatic rings. The Bertz CT molecular complexity index is 486. The van der Waals surface area contributed by atoms with Gasteiger partial charge >= 0.3 is 0 Å². The maximum Gasteiger partial charge on any atom is 0.111 e. The summed E-state index contributed by atoms with van der Waals surface area (Å²) >= 11 is 12.0. The summed E-state index contributed by atoms with van der Waals surface area (Å²) in [5, 5.41) is 5.76. The molecule has 1 heterocycles. The van der Waals surface area contributed by atoms with Gasteiger partial charge in [0, 0.05) is 17.6 Å². The highest BCUT2D eigenvalue weighted by molar-refractivity contribution is 6.33. The van der Waals surface area contributed by atoms with Crippen LogP contribution in [0.5, 0.6) is 0 Å². The monoisotopic (exact) mass is 240 g/mol. The van der Waals surface area contributed by atoms with Gasteiger partial charge in [0.1, 0.15) is 5.69 Å². The van der Waals surface area contributed by atoms with Gasteiger partial charge in [-0.2, -0.15) is 5.10 Å². The van der Waals surface area contributed by atoms with Crippen molar-refractivity contribution in [3.63, 3.8) is 0 Å². The fraction of sp³-hybridized carbons (Fsp3) is 0.182. The SMILES string of the molecule is Cc1c(Cl)c(-c2ccc(Cl)cc2)nn1C. The van der Waals surface area contributed by atoms with Crippen LogP contribution in [-0.4, -0.2) is 9.78 Å². The van der Waals surface area contributed by atoms with Crippen LogP contribution in [0.15, 0.2) is 24.3 Å². The van der Waals surface area contributed by atoms with Crippen molar-refractivity contribution in [3.05, 3.63) is 40.0 Å². The van der Waals surface area contributed by atoms with Crippen molar-refractivity contribution in [1.82, 2.24) is 9.78 Å². The fourth-order valence-corrected chi connectivity index (χ4v) is 1.77. The van der Waals surface area contributed by atoms with Gasteiger partial charge in [-0.1, -0.05) is 35.3 Å². The predicted octanol–water partition coefficient (Wildman–Crippen LogP) is 3.70. The highest BCUT2D eigenvalue weighted by Crippen LogP contribution is 2.29. The van der Waals surface area contributed by atoms with Crippen molar-refractivity contribution < 1.29 is 0 Å². The Morgan fingerprint density at radius 2 is 1.73 bits per heavy atom. The molecule has 0 saturated carbocycles. The zero-order valence-electron chi connectivity index (χ0n) is 8.46. The topological polar surface area (TPSA) is 17.8 Å². The van der Waals surface area contributed by atoms with Gasteiger partial charge in [-0.3, -0.25) is 4.68 Å². The van der Waals surface area contributed by atoms with Crippen LogP contribution >= 0.6 is 23.2 Å². The molecule has 0 saturated heterocycles. The maximum atomic E-state index is 6.17. The van der Waals surface area contributed by atoms with Crippen molar-refractivity contribution in [2.45, 2.75) is 6.92 Å². The number of halogens is 2. The van der Waals surface area contributed by atoms with Crippen molar-refractivity contribution >= 4 is 23.2 Å².